The number of aromatic nitrogens is 2. The summed E-state index contributed by atoms with van der Waals surface area (Å²) in [6.45, 7) is 0.770. The summed E-state index contributed by atoms with van der Waals surface area (Å²) in [5, 5.41) is 7.75. The minimum Gasteiger partial charge on any atom is -0.350 e. The summed E-state index contributed by atoms with van der Waals surface area (Å²) < 4.78 is 1.83. The van der Waals surface area contributed by atoms with E-state index in [0.29, 0.717) is 6.04 Å². The number of hydrogen-bond donors (Lipinski definition) is 1. The summed E-state index contributed by atoms with van der Waals surface area (Å²) >= 11 is 0. The molecule has 0 radical (unpaired) electrons. The number of aliphatic imine (C=N–C) groups is 1. The van der Waals surface area contributed by atoms with Gasteiger partial charge in [0.05, 0.1) is 6.04 Å². The van der Waals surface area contributed by atoms with Crippen LogP contribution in [0.4, 0.5) is 0 Å². The predicted molar refractivity (Wildman–Crippen MR) is 85.2 cm³/mol. The van der Waals surface area contributed by atoms with Crippen LogP contribution in [0.2, 0.25) is 0 Å². The monoisotopic (exact) mass is 282 g/mol. The molecule has 0 saturated heterocycles. The third-order valence-electron chi connectivity index (χ3n) is 3.89. The molecule has 0 atom stereocenters. The van der Waals surface area contributed by atoms with E-state index in [4.69, 9.17) is 4.99 Å². The van der Waals surface area contributed by atoms with Gasteiger partial charge in [0.15, 0.2) is 0 Å². The maximum atomic E-state index is 4.90. The molecule has 4 nitrogen and oxygen atoms in total. The topological polar surface area (TPSA) is 42.2 Å². The number of rotatable bonds is 3. The lowest BCUT2D eigenvalue weighted by molar-refractivity contribution is 0.440. The molecule has 4 heteroatoms. The second-order valence-corrected chi connectivity index (χ2v) is 5.53. The smallest absolute Gasteiger partial charge is 0.219 e. The van der Waals surface area contributed by atoms with E-state index in [1.807, 2.05) is 23.0 Å². The van der Waals surface area contributed by atoms with Crippen LogP contribution in [0.5, 0.6) is 0 Å². The fraction of sp³-hybridized carbons (Fsp3) is 0.412. The average molecular weight is 282 g/mol. The van der Waals surface area contributed by atoms with Gasteiger partial charge in [-0.1, -0.05) is 49.6 Å². The van der Waals surface area contributed by atoms with E-state index in [9.17, 15) is 0 Å². The summed E-state index contributed by atoms with van der Waals surface area (Å²) in [4.78, 5) is 4.90. The van der Waals surface area contributed by atoms with Gasteiger partial charge < -0.3 is 5.32 Å². The molecule has 21 heavy (non-hydrogen) atoms. The molecule has 0 spiro atoms. The Morgan fingerprint density at radius 2 is 1.95 bits per heavy atom. The van der Waals surface area contributed by atoms with E-state index >= 15 is 0 Å². The second kappa shape index (κ2) is 7.07. The third-order valence-corrected chi connectivity index (χ3v) is 3.89. The SMILES string of the molecule is c1ccc(CN/C(=N/C2CCCCC2)n2cccn2)cc1. The van der Waals surface area contributed by atoms with E-state index in [-0.39, 0.29) is 0 Å². The zero-order valence-corrected chi connectivity index (χ0v) is 12.3. The minimum absolute atomic E-state index is 0.432. The fourth-order valence-corrected chi connectivity index (χ4v) is 2.74. The van der Waals surface area contributed by atoms with Gasteiger partial charge in [0.1, 0.15) is 0 Å². The van der Waals surface area contributed by atoms with Crippen molar-refractivity contribution in [2.45, 2.75) is 44.7 Å². The molecule has 1 aliphatic rings. The van der Waals surface area contributed by atoms with Crippen molar-refractivity contribution in [3.63, 3.8) is 0 Å². The van der Waals surface area contributed by atoms with Gasteiger partial charge in [-0.25, -0.2) is 9.67 Å². The lowest BCUT2D eigenvalue weighted by atomic mass is 9.96. The minimum atomic E-state index is 0.432. The molecule has 1 aromatic heterocycles. The first-order chi connectivity index (χ1) is 10.4. The largest absolute Gasteiger partial charge is 0.350 e. The predicted octanol–water partition coefficient (Wildman–Crippen LogP) is 3.21. The number of benzene rings is 1. The third kappa shape index (κ3) is 3.94. The molecule has 1 saturated carbocycles. The summed E-state index contributed by atoms with van der Waals surface area (Å²) in [6, 6.07) is 12.8. The van der Waals surface area contributed by atoms with Crippen molar-refractivity contribution in [1.82, 2.24) is 15.1 Å². The molecule has 1 aliphatic carbocycles. The van der Waals surface area contributed by atoms with Gasteiger partial charge in [-0.2, -0.15) is 5.10 Å². The molecule has 0 unspecified atom stereocenters. The summed E-state index contributed by atoms with van der Waals surface area (Å²) in [6.07, 6.45) is 10.1. The molecule has 1 aromatic carbocycles. The zero-order chi connectivity index (χ0) is 14.3. The molecule has 0 amide bonds. The molecule has 1 heterocycles. The number of hydrogen-bond acceptors (Lipinski definition) is 2. The highest BCUT2D eigenvalue weighted by Crippen LogP contribution is 2.20. The van der Waals surface area contributed by atoms with Crippen molar-refractivity contribution in [1.29, 1.82) is 0 Å². The maximum absolute atomic E-state index is 4.90. The molecule has 0 bridgehead atoms. The van der Waals surface area contributed by atoms with Crippen LogP contribution in [-0.4, -0.2) is 21.8 Å². The van der Waals surface area contributed by atoms with Crippen LogP contribution in [0.3, 0.4) is 0 Å². The normalized spacial score (nSPS) is 16.9. The zero-order valence-electron chi connectivity index (χ0n) is 12.3. The van der Waals surface area contributed by atoms with Gasteiger partial charge in [-0.05, 0) is 24.5 Å². The van der Waals surface area contributed by atoms with Crippen molar-refractivity contribution in [2.75, 3.05) is 0 Å². The fourth-order valence-electron chi connectivity index (χ4n) is 2.74. The highest BCUT2D eigenvalue weighted by atomic mass is 15.4. The summed E-state index contributed by atoms with van der Waals surface area (Å²) in [5.74, 6) is 0.857. The van der Waals surface area contributed by atoms with Gasteiger partial charge >= 0.3 is 0 Å². The molecule has 1 N–H and O–H groups in total. The van der Waals surface area contributed by atoms with E-state index in [1.165, 1.54) is 37.7 Å². The molecule has 1 fully saturated rings. The van der Waals surface area contributed by atoms with Crippen LogP contribution in [0.15, 0.2) is 53.8 Å². The molecular weight excluding hydrogens is 260 g/mol. The highest BCUT2D eigenvalue weighted by Gasteiger charge is 2.14. The number of nitrogens with one attached hydrogen (secondary N) is 1. The number of nitrogens with zero attached hydrogens (tertiary/aromatic N) is 3. The summed E-state index contributed by atoms with van der Waals surface area (Å²) in [7, 11) is 0. The lowest BCUT2D eigenvalue weighted by Gasteiger charge is -2.19. The quantitative estimate of drug-likeness (QED) is 0.694. The Morgan fingerprint density at radius 1 is 1.14 bits per heavy atom. The van der Waals surface area contributed by atoms with Gasteiger partial charge in [-0.3, -0.25) is 0 Å². The highest BCUT2D eigenvalue weighted by molar-refractivity contribution is 5.81. The molecule has 2 aromatic rings. The van der Waals surface area contributed by atoms with Gasteiger partial charge in [0.2, 0.25) is 5.96 Å². The Kier molecular flexibility index (Phi) is 4.66. The Hall–Kier alpha value is -2.10. The van der Waals surface area contributed by atoms with Gasteiger partial charge in [0, 0.05) is 18.9 Å². The van der Waals surface area contributed by atoms with Crippen molar-refractivity contribution in [3.05, 3.63) is 54.4 Å². The second-order valence-electron chi connectivity index (χ2n) is 5.53. The van der Waals surface area contributed by atoms with Crippen LogP contribution >= 0.6 is 0 Å². The van der Waals surface area contributed by atoms with Crippen molar-refractivity contribution < 1.29 is 0 Å². The van der Waals surface area contributed by atoms with Crippen LogP contribution in [0, 0.1) is 0 Å². The van der Waals surface area contributed by atoms with Gasteiger partial charge in [0.25, 0.3) is 0 Å². The van der Waals surface area contributed by atoms with Crippen LogP contribution < -0.4 is 5.32 Å². The summed E-state index contributed by atoms with van der Waals surface area (Å²) in [5.41, 5.74) is 1.25. The van der Waals surface area contributed by atoms with E-state index in [2.05, 4.69) is 34.7 Å². The van der Waals surface area contributed by atoms with Crippen molar-refractivity contribution >= 4 is 5.96 Å². The van der Waals surface area contributed by atoms with Crippen molar-refractivity contribution in [2.24, 2.45) is 4.99 Å². The molecule has 110 valence electrons. The van der Waals surface area contributed by atoms with E-state index in [1.54, 1.807) is 6.20 Å². The maximum Gasteiger partial charge on any atom is 0.219 e. The van der Waals surface area contributed by atoms with E-state index < -0.39 is 0 Å². The average Bonchev–Trinajstić information content (AvgIpc) is 3.08. The van der Waals surface area contributed by atoms with Crippen LogP contribution in [0.1, 0.15) is 37.7 Å². The Bertz CT molecular complexity index is 554. The first-order valence-electron chi connectivity index (χ1n) is 7.77. The Morgan fingerprint density at radius 3 is 2.67 bits per heavy atom. The van der Waals surface area contributed by atoms with Gasteiger partial charge in [-0.15, -0.1) is 0 Å². The first-order valence-corrected chi connectivity index (χ1v) is 7.77. The first kappa shape index (κ1) is 13.9. The van der Waals surface area contributed by atoms with Crippen molar-refractivity contribution in [3.8, 4) is 0 Å². The van der Waals surface area contributed by atoms with Crippen LogP contribution in [-0.2, 0) is 6.54 Å². The van der Waals surface area contributed by atoms with E-state index in [0.717, 1.165) is 12.5 Å². The lowest BCUT2D eigenvalue weighted by Crippen LogP contribution is -2.32. The molecular formula is C17H22N4. The van der Waals surface area contributed by atoms with Crippen LogP contribution in [0.25, 0.3) is 0 Å². The molecule has 0 aliphatic heterocycles. The Balaban J connectivity index is 1.71. The standard InChI is InChI=1S/C17H22N4/c1-3-8-15(9-4-1)14-18-17(21-13-7-12-19-21)20-16-10-5-2-6-11-16/h1,3-4,7-9,12-13,16H,2,5-6,10-11,14H2,(H,18,20). The Labute approximate surface area is 125 Å². The molecule has 3 rings (SSSR count).